The molecule has 0 spiro atoms. The van der Waals surface area contributed by atoms with Crippen LogP contribution in [0.2, 0.25) is 0 Å². The molecular weight excluding hydrogens is 476 g/mol. The highest BCUT2D eigenvalue weighted by molar-refractivity contribution is 7.85. The number of hydrogen-bond donors (Lipinski definition) is 3. The number of carbonyl (C=O) groups is 1. The van der Waals surface area contributed by atoms with Crippen LogP contribution in [0.25, 0.3) is 0 Å². The molecule has 10 unspecified atom stereocenters. The van der Waals surface area contributed by atoms with Crippen LogP contribution in [0.15, 0.2) is 0 Å². The molecule has 10 atom stereocenters. The highest BCUT2D eigenvalue weighted by Gasteiger charge is 2.67. The third-order valence-corrected chi connectivity index (χ3v) is 11.6. The van der Waals surface area contributed by atoms with Crippen molar-refractivity contribution in [1.29, 1.82) is 0 Å². The molecule has 1 amide bonds. The average Bonchev–Trinajstić information content (AvgIpc) is 3.09. The smallest absolute Gasteiger partial charge is 0.266 e. The van der Waals surface area contributed by atoms with Crippen molar-refractivity contribution in [1.82, 2.24) is 5.32 Å². The van der Waals surface area contributed by atoms with E-state index in [2.05, 4.69) is 26.1 Å². The molecule has 4 rings (SSSR count). The van der Waals surface area contributed by atoms with E-state index >= 15 is 4.39 Å². The van der Waals surface area contributed by atoms with E-state index in [4.69, 9.17) is 4.55 Å². The van der Waals surface area contributed by atoms with Crippen LogP contribution >= 0.6 is 0 Å². The molecule has 4 saturated carbocycles. The number of halogens is 2. The fourth-order valence-electron chi connectivity index (χ4n) is 9.09. The number of alkyl halides is 2. The molecule has 6 nitrogen and oxygen atoms in total. The summed E-state index contributed by atoms with van der Waals surface area (Å²) >= 11 is 0. The van der Waals surface area contributed by atoms with Crippen molar-refractivity contribution in [3.05, 3.63) is 0 Å². The Kier molecular flexibility index (Phi) is 7.39. The zero-order chi connectivity index (χ0) is 25.8. The van der Waals surface area contributed by atoms with Gasteiger partial charge in [-0.2, -0.15) is 8.42 Å². The van der Waals surface area contributed by atoms with Crippen molar-refractivity contribution in [2.75, 3.05) is 12.3 Å². The summed E-state index contributed by atoms with van der Waals surface area (Å²) in [6.45, 7) is 6.49. The first-order chi connectivity index (χ1) is 16.2. The molecule has 0 bridgehead atoms. The lowest BCUT2D eigenvalue weighted by atomic mass is 9.43. The largest absolute Gasteiger partial charge is 0.361 e. The van der Waals surface area contributed by atoms with Gasteiger partial charge in [0.15, 0.2) is 0 Å². The number of aliphatic hydroxyl groups is 1. The molecule has 4 aliphatic rings. The van der Waals surface area contributed by atoms with Crippen LogP contribution in [0.5, 0.6) is 0 Å². The van der Waals surface area contributed by atoms with Gasteiger partial charge in [0.1, 0.15) is 6.17 Å². The van der Waals surface area contributed by atoms with Gasteiger partial charge in [-0.15, -0.1) is 0 Å². The topological polar surface area (TPSA) is 104 Å². The van der Waals surface area contributed by atoms with Crippen LogP contribution in [-0.2, 0) is 14.9 Å². The number of hydrogen-bond acceptors (Lipinski definition) is 4. The van der Waals surface area contributed by atoms with Gasteiger partial charge in [0.05, 0.1) is 5.75 Å². The Bertz CT molecular complexity index is 913. The molecule has 202 valence electrons. The van der Waals surface area contributed by atoms with Crippen LogP contribution in [0.1, 0.15) is 85.0 Å². The fraction of sp³-hybridized carbons (Fsp3) is 0.962. The Morgan fingerprint density at radius 3 is 2.46 bits per heavy atom. The highest BCUT2D eigenvalue weighted by atomic mass is 32.2. The van der Waals surface area contributed by atoms with E-state index in [0.717, 1.165) is 32.1 Å². The molecule has 0 aliphatic heterocycles. The standard InChI is InChI=1S/C26H43F2NO5S/c1-16(4-7-22(30)29-12-13-35(32,33)34)19-5-6-20-23-21(9-11-25(19,20)3)24(2)10-8-18(27)14-17(24)15-26(23,28)31/h16-21,23,31H,4-15H2,1-3H3,(H,29,30)(H,32,33,34). The van der Waals surface area contributed by atoms with Crippen LogP contribution in [0.4, 0.5) is 8.78 Å². The predicted molar refractivity (Wildman–Crippen MR) is 129 cm³/mol. The predicted octanol–water partition coefficient (Wildman–Crippen LogP) is 4.67. The second-order valence-electron chi connectivity index (χ2n) is 12.7. The van der Waals surface area contributed by atoms with Crippen molar-refractivity contribution < 1.29 is 31.7 Å². The Hall–Kier alpha value is -0.800. The lowest BCUT2D eigenvalue weighted by molar-refractivity contribution is -0.269. The van der Waals surface area contributed by atoms with Crippen molar-refractivity contribution in [3.63, 3.8) is 0 Å². The Morgan fingerprint density at radius 2 is 1.77 bits per heavy atom. The van der Waals surface area contributed by atoms with Gasteiger partial charge in [-0.1, -0.05) is 20.8 Å². The van der Waals surface area contributed by atoms with Gasteiger partial charge in [-0.25, -0.2) is 8.78 Å². The minimum absolute atomic E-state index is 0.0433. The molecule has 0 saturated heterocycles. The Labute approximate surface area is 208 Å². The second kappa shape index (κ2) is 9.50. The SMILES string of the molecule is CC(CCC(=O)NCCS(=O)(=O)O)C1CCC2C3C(CCC12C)C1(C)CCC(F)CC1CC3(O)F. The van der Waals surface area contributed by atoms with Gasteiger partial charge in [0.25, 0.3) is 10.1 Å². The maximum absolute atomic E-state index is 16.0. The molecule has 0 heterocycles. The molecule has 0 aromatic heterocycles. The number of carbonyl (C=O) groups excluding carboxylic acids is 1. The molecule has 4 fully saturated rings. The number of rotatable bonds is 7. The summed E-state index contributed by atoms with van der Waals surface area (Å²) in [6, 6.07) is 0. The molecule has 0 aromatic carbocycles. The maximum Gasteiger partial charge on any atom is 0.266 e. The van der Waals surface area contributed by atoms with Crippen molar-refractivity contribution in [2.45, 2.75) is 97.0 Å². The van der Waals surface area contributed by atoms with Crippen molar-refractivity contribution in [2.24, 2.45) is 46.3 Å². The zero-order valence-electron chi connectivity index (χ0n) is 21.3. The van der Waals surface area contributed by atoms with E-state index in [1.165, 1.54) is 0 Å². The van der Waals surface area contributed by atoms with Gasteiger partial charge in [0.2, 0.25) is 11.8 Å². The van der Waals surface area contributed by atoms with Crippen LogP contribution in [0, 0.1) is 46.3 Å². The Balaban J connectivity index is 1.43. The van der Waals surface area contributed by atoms with E-state index in [1.54, 1.807) is 0 Å². The molecule has 35 heavy (non-hydrogen) atoms. The summed E-state index contributed by atoms with van der Waals surface area (Å²) in [5.41, 5.74) is -0.223. The molecule has 0 aromatic rings. The summed E-state index contributed by atoms with van der Waals surface area (Å²) < 4.78 is 60.6. The molecule has 0 radical (unpaired) electrons. The van der Waals surface area contributed by atoms with E-state index in [1.807, 2.05) is 0 Å². The first kappa shape index (κ1) is 27.2. The zero-order valence-corrected chi connectivity index (χ0v) is 22.1. The molecule has 3 N–H and O–H groups in total. The van der Waals surface area contributed by atoms with Crippen molar-refractivity contribution >= 4 is 16.0 Å². The number of fused-ring (bicyclic) bond motifs is 5. The van der Waals surface area contributed by atoms with Gasteiger partial charge in [-0.05, 0) is 91.8 Å². The minimum Gasteiger partial charge on any atom is -0.361 e. The molecule has 4 aliphatic carbocycles. The summed E-state index contributed by atoms with van der Waals surface area (Å²) in [5, 5.41) is 13.7. The first-order valence-electron chi connectivity index (χ1n) is 13.4. The lowest BCUT2D eigenvalue weighted by Gasteiger charge is -2.63. The van der Waals surface area contributed by atoms with Crippen LogP contribution < -0.4 is 5.32 Å². The monoisotopic (exact) mass is 519 g/mol. The maximum atomic E-state index is 16.0. The van der Waals surface area contributed by atoms with Crippen molar-refractivity contribution in [3.8, 4) is 0 Å². The normalized spacial score (nSPS) is 46.3. The van der Waals surface area contributed by atoms with E-state index in [-0.39, 0.29) is 59.8 Å². The molecular formula is C26H43F2NO5S. The average molecular weight is 520 g/mol. The number of nitrogens with one attached hydrogen (secondary N) is 1. The van der Waals surface area contributed by atoms with E-state index < -0.39 is 33.8 Å². The third kappa shape index (κ3) is 5.15. The van der Waals surface area contributed by atoms with E-state index in [9.17, 15) is 22.7 Å². The van der Waals surface area contributed by atoms with Crippen LogP contribution in [-0.4, -0.2) is 48.3 Å². The Morgan fingerprint density at radius 1 is 1.11 bits per heavy atom. The van der Waals surface area contributed by atoms with Gasteiger partial charge in [-0.3, -0.25) is 9.35 Å². The van der Waals surface area contributed by atoms with Gasteiger partial charge >= 0.3 is 0 Å². The number of amides is 1. The van der Waals surface area contributed by atoms with Crippen LogP contribution in [0.3, 0.4) is 0 Å². The summed E-state index contributed by atoms with van der Waals surface area (Å²) in [4.78, 5) is 12.2. The summed E-state index contributed by atoms with van der Waals surface area (Å²) in [5.74, 6) is -2.82. The fourth-order valence-corrected chi connectivity index (χ4v) is 9.45. The molecule has 9 heteroatoms. The summed E-state index contributed by atoms with van der Waals surface area (Å²) in [6.07, 6.45) is 5.37. The van der Waals surface area contributed by atoms with Gasteiger partial charge in [0, 0.05) is 25.3 Å². The van der Waals surface area contributed by atoms with Gasteiger partial charge < -0.3 is 10.4 Å². The second-order valence-corrected chi connectivity index (χ2v) is 14.3. The third-order valence-electron chi connectivity index (χ3n) is 10.9. The highest BCUT2D eigenvalue weighted by Crippen LogP contribution is 2.70. The quantitative estimate of drug-likeness (QED) is 0.424. The minimum atomic E-state index is -4.10. The summed E-state index contributed by atoms with van der Waals surface area (Å²) in [7, 11) is -4.10. The lowest BCUT2D eigenvalue weighted by Crippen LogP contribution is -2.62. The van der Waals surface area contributed by atoms with E-state index in [0.29, 0.717) is 25.2 Å². The first-order valence-corrected chi connectivity index (χ1v) is 15.1.